The van der Waals surface area contributed by atoms with Crippen LogP contribution in [-0.4, -0.2) is 58.9 Å². The van der Waals surface area contributed by atoms with Gasteiger partial charge >= 0.3 is 0 Å². The number of nitrogens with one attached hydrogen (secondary N) is 1. The summed E-state index contributed by atoms with van der Waals surface area (Å²) in [5.41, 5.74) is 0. The average molecular weight is 246 g/mol. The van der Waals surface area contributed by atoms with Crippen molar-refractivity contribution in [1.82, 2.24) is 5.32 Å². The number of hydrogen-bond acceptors (Lipinski definition) is 5. The largest absolute Gasteiger partial charge is 0.394 e. The van der Waals surface area contributed by atoms with Gasteiger partial charge in [-0.3, -0.25) is 0 Å². The number of halogens is 1. The van der Waals surface area contributed by atoms with Crippen LogP contribution in [-0.2, 0) is 0 Å². The van der Waals surface area contributed by atoms with Gasteiger partial charge in [0.15, 0.2) is 0 Å². The number of hydrogen-bond donors (Lipinski definition) is 5. The molecule has 3 atom stereocenters. The van der Waals surface area contributed by atoms with Crippen LogP contribution in [0, 0.1) is 0 Å². The fraction of sp³-hybridized carbons (Fsp3) is 1.00. The molecule has 0 rings (SSSR count). The Bertz CT molecular complexity index is 106. The van der Waals surface area contributed by atoms with E-state index in [4.69, 9.17) is 20.4 Å². The van der Waals surface area contributed by atoms with Crippen molar-refractivity contribution < 1.29 is 20.4 Å². The summed E-state index contributed by atoms with van der Waals surface area (Å²) in [5, 5.41) is 37.9. The van der Waals surface area contributed by atoms with E-state index in [1.807, 2.05) is 0 Å². The van der Waals surface area contributed by atoms with Crippen molar-refractivity contribution in [2.45, 2.75) is 18.3 Å². The lowest BCUT2D eigenvalue weighted by Crippen LogP contribution is -2.43. The minimum absolute atomic E-state index is 0. The van der Waals surface area contributed by atoms with Gasteiger partial charge in [0.05, 0.1) is 12.7 Å². The first-order valence-corrected chi connectivity index (χ1v) is 3.43. The topological polar surface area (TPSA) is 93.0 Å². The molecule has 0 radical (unpaired) electrons. The summed E-state index contributed by atoms with van der Waals surface area (Å²) < 4.78 is 0. The molecule has 0 aromatic carbocycles. The maximum atomic E-state index is 9.04. The van der Waals surface area contributed by atoms with Gasteiger partial charge in [-0.25, -0.2) is 0 Å². The average Bonchev–Trinajstić information content (AvgIpc) is 2.02. The van der Waals surface area contributed by atoms with Crippen LogP contribution in [0.25, 0.3) is 0 Å². The molecule has 6 heteroatoms. The van der Waals surface area contributed by atoms with Gasteiger partial charge in [-0.05, 0) is 7.05 Å². The predicted octanol–water partition coefficient (Wildman–Crippen LogP) is -2.14. The van der Waals surface area contributed by atoms with Crippen molar-refractivity contribution in [2.24, 2.45) is 0 Å². The summed E-state index contributed by atoms with van der Waals surface area (Å²) in [7, 11) is 1.61. The van der Waals surface area contributed by atoms with Crippen molar-refractivity contribution in [3.8, 4) is 0 Å². The quantitative estimate of drug-likeness (QED) is 0.382. The number of aliphatic hydroxyl groups is 4. The molecule has 0 bridgehead atoms. The molecule has 76 valence electrons. The molecule has 0 aliphatic heterocycles. The number of likely N-dealkylation sites (N-methyl/N-ethyl adjacent to an activating group) is 1. The highest BCUT2D eigenvalue weighted by Gasteiger charge is 2.22. The zero-order valence-electron chi connectivity index (χ0n) is 6.84. The van der Waals surface area contributed by atoms with Crippen LogP contribution >= 0.6 is 17.0 Å². The summed E-state index contributed by atoms with van der Waals surface area (Å²) in [5.74, 6) is 0. The van der Waals surface area contributed by atoms with Crippen LogP contribution in [0.15, 0.2) is 0 Å². The SMILES string of the molecule is Br.CNC[C@H](O)[C@H](O)[C@H](O)CO. The van der Waals surface area contributed by atoms with Gasteiger partial charge in [-0.15, -0.1) is 17.0 Å². The summed E-state index contributed by atoms with van der Waals surface area (Å²) >= 11 is 0. The second-order valence-electron chi connectivity index (χ2n) is 2.37. The second-order valence-corrected chi connectivity index (χ2v) is 2.37. The monoisotopic (exact) mass is 245 g/mol. The molecular formula is C6H16BrNO4. The molecule has 0 aromatic rings. The summed E-state index contributed by atoms with van der Waals surface area (Å²) in [6, 6.07) is 0. The van der Waals surface area contributed by atoms with Gasteiger partial charge in [0.2, 0.25) is 0 Å². The Hall–Kier alpha value is 0.280. The highest BCUT2D eigenvalue weighted by molar-refractivity contribution is 8.93. The third-order valence-corrected chi connectivity index (χ3v) is 1.39. The summed E-state index contributed by atoms with van der Waals surface area (Å²) in [6.07, 6.45) is -3.63. The van der Waals surface area contributed by atoms with Crippen LogP contribution in [0.5, 0.6) is 0 Å². The van der Waals surface area contributed by atoms with E-state index >= 15 is 0 Å². The van der Waals surface area contributed by atoms with Crippen LogP contribution in [0.1, 0.15) is 0 Å². The van der Waals surface area contributed by atoms with Crippen molar-refractivity contribution >= 4 is 17.0 Å². The maximum absolute atomic E-state index is 9.04. The molecule has 0 saturated heterocycles. The Morgan fingerprint density at radius 3 is 2.00 bits per heavy atom. The van der Waals surface area contributed by atoms with Gasteiger partial charge in [-0.1, -0.05) is 0 Å². The molecule has 0 saturated carbocycles. The van der Waals surface area contributed by atoms with Crippen molar-refractivity contribution in [3.05, 3.63) is 0 Å². The molecule has 0 aliphatic carbocycles. The molecule has 0 heterocycles. The predicted molar refractivity (Wildman–Crippen MR) is 49.4 cm³/mol. The Kier molecular flexibility index (Phi) is 9.74. The highest BCUT2D eigenvalue weighted by atomic mass is 79.9. The third kappa shape index (κ3) is 5.02. The fourth-order valence-electron chi connectivity index (χ4n) is 0.694. The van der Waals surface area contributed by atoms with Gasteiger partial charge in [0, 0.05) is 6.54 Å². The van der Waals surface area contributed by atoms with E-state index in [9.17, 15) is 0 Å². The Labute approximate surface area is 81.8 Å². The molecule has 12 heavy (non-hydrogen) atoms. The molecule has 0 aromatic heterocycles. The molecule has 0 spiro atoms. The first kappa shape index (κ1) is 14.8. The number of aliphatic hydroxyl groups excluding tert-OH is 4. The van der Waals surface area contributed by atoms with Crippen LogP contribution in [0.4, 0.5) is 0 Å². The van der Waals surface area contributed by atoms with Gasteiger partial charge in [-0.2, -0.15) is 0 Å². The summed E-state index contributed by atoms with van der Waals surface area (Å²) in [4.78, 5) is 0. The fourth-order valence-corrected chi connectivity index (χ4v) is 0.694. The molecule has 0 unspecified atom stereocenters. The van der Waals surface area contributed by atoms with E-state index in [0.29, 0.717) is 0 Å². The smallest absolute Gasteiger partial charge is 0.109 e. The molecule has 0 aliphatic rings. The van der Waals surface area contributed by atoms with E-state index < -0.39 is 24.9 Å². The Morgan fingerprint density at radius 2 is 1.67 bits per heavy atom. The molecule has 5 N–H and O–H groups in total. The van der Waals surface area contributed by atoms with Crippen molar-refractivity contribution in [2.75, 3.05) is 20.2 Å². The zero-order chi connectivity index (χ0) is 8.85. The van der Waals surface area contributed by atoms with E-state index in [1.54, 1.807) is 7.05 Å². The van der Waals surface area contributed by atoms with Crippen molar-refractivity contribution in [1.29, 1.82) is 0 Å². The standard InChI is InChI=1S/C6H15NO4.BrH/c1-7-2-4(9)6(11)5(10)3-8;/h4-11H,2-3H2,1H3;1H/t4-,5+,6-;/m0./s1. The van der Waals surface area contributed by atoms with Crippen molar-refractivity contribution in [3.63, 3.8) is 0 Å². The minimum atomic E-state index is -1.30. The molecule has 0 fully saturated rings. The normalized spacial score (nSPS) is 17.8. The van der Waals surface area contributed by atoms with E-state index in [0.717, 1.165) is 0 Å². The second kappa shape index (κ2) is 7.90. The molecule has 5 nitrogen and oxygen atoms in total. The van der Waals surface area contributed by atoms with Gasteiger partial charge in [0.25, 0.3) is 0 Å². The lowest BCUT2D eigenvalue weighted by molar-refractivity contribution is -0.0745. The first-order valence-electron chi connectivity index (χ1n) is 3.43. The number of rotatable bonds is 5. The Balaban J connectivity index is 0. The van der Waals surface area contributed by atoms with E-state index in [1.165, 1.54) is 0 Å². The zero-order valence-corrected chi connectivity index (χ0v) is 8.56. The van der Waals surface area contributed by atoms with Gasteiger partial charge in [0.1, 0.15) is 12.2 Å². The lowest BCUT2D eigenvalue weighted by atomic mass is 10.1. The minimum Gasteiger partial charge on any atom is -0.394 e. The van der Waals surface area contributed by atoms with E-state index in [-0.39, 0.29) is 23.5 Å². The first-order chi connectivity index (χ1) is 5.13. The Morgan fingerprint density at radius 1 is 1.17 bits per heavy atom. The third-order valence-electron chi connectivity index (χ3n) is 1.39. The molecular weight excluding hydrogens is 230 g/mol. The maximum Gasteiger partial charge on any atom is 0.109 e. The van der Waals surface area contributed by atoms with E-state index in [2.05, 4.69) is 5.32 Å². The van der Waals surface area contributed by atoms with Crippen LogP contribution in [0.3, 0.4) is 0 Å². The lowest BCUT2D eigenvalue weighted by Gasteiger charge is -2.20. The molecule has 0 amide bonds. The van der Waals surface area contributed by atoms with Crippen LogP contribution in [0.2, 0.25) is 0 Å². The highest BCUT2D eigenvalue weighted by Crippen LogP contribution is 1.98. The van der Waals surface area contributed by atoms with Gasteiger partial charge < -0.3 is 25.7 Å². The van der Waals surface area contributed by atoms with Crippen LogP contribution < -0.4 is 5.32 Å². The summed E-state index contributed by atoms with van der Waals surface area (Å²) in [6.45, 7) is -0.375.